The molecule has 1 aromatic carbocycles. The van der Waals surface area contributed by atoms with Gasteiger partial charge in [0.2, 0.25) is 5.89 Å². The highest BCUT2D eigenvalue weighted by Gasteiger charge is 2.35. The predicted molar refractivity (Wildman–Crippen MR) is 93.9 cm³/mol. The largest absolute Gasteiger partial charge is 0.388 e. The average Bonchev–Trinajstić information content (AvgIpc) is 3.03. The van der Waals surface area contributed by atoms with E-state index in [1.165, 1.54) is 5.56 Å². The molecule has 6 heteroatoms. The van der Waals surface area contributed by atoms with E-state index in [9.17, 15) is 5.11 Å². The van der Waals surface area contributed by atoms with Gasteiger partial charge >= 0.3 is 0 Å². The Bertz CT molecular complexity index is 646. The molecule has 136 valence electrons. The first-order valence-corrected chi connectivity index (χ1v) is 9.05. The van der Waals surface area contributed by atoms with E-state index < -0.39 is 5.60 Å². The fourth-order valence-electron chi connectivity index (χ4n) is 3.34. The van der Waals surface area contributed by atoms with Gasteiger partial charge in [-0.1, -0.05) is 42.4 Å². The summed E-state index contributed by atoms with van der Waals surface area (Å²) in [5, 5.41) is 14.9. The van der Waals surface area contributed by atoms with E-state index in [4.69, 9.17) is 9.26 Å². The molecule has 2 aromatic rings. The van der Waals surface area contributed by atoms with Crippen LogP contribution in [0.25, 0.3) is 0 Å². The normalized spacial score (nSPS) is 21.5. The lowest BCUT2D eigenvalue weighted by Gasteiger charge is -2.38. The highest BCUT2D eigenvalue weighted by Crippen LogP contribution is 2.26. The van der Waals surface area contributed by atoms with Crippen molar-refractivity contribution in [3.63, 3.8) is 0 Å². The maximum atomic E-state index is 11.0. The van der Waals surface area contributed by atoms with Crippen molar-refractivity contribution in [2.45, 2.75) is 51.4 Å². The fourth-order valence-corrected chi connectivity index (χ4v) is 3.34. The average molecular weight is 345 g/mol. The van der Waals surface area contributed by atoms with Crippen LogP contribution in [-0.2, 0) is 24.3 Å². The molecule has 1 atom stereocenters. The number of likely N-dealkylation sites (tertiary alicyclic amines) is 1. The van der Waals surface area contributed by atoms with Crippen LogP contribution in [0.4, 0.5) is 0 Å². The molecule has 1 fully saturated rings. The third kappa shape index (κ3) is 5.36. The van der Waals surface area contributed by atoms with Gasteiger partial charge in [0.15, 0.2) is 5.82 Å². The Hall–Kier alpha value is -1.76. The van der Waals surface area contributed by atoms with Crippen LogP contribution in [0.15, 0.2) is 34.9 Å². The van der Waals surface area contributed by atoms with Crippen molar-refractivity contribution in [1.29, 1.82) is 0 Å². The predicted octanol–water partition coefficient (Wildman–Crippen LogP) is 2.57. The number of rotatable bonds is 8. The molecule has 0 amide bonds. The Morgan fingerprint density at radius 1 is 1.32 bits per heavy atom. The number of benzene rings is 1. The van der Waals surface area contributed by atoms with E-state index in [0.29, 0.717) is 37.9 Å². The zero-order valence-corrected chi connectivity index (χ0v) is 14.9. The van der Waals surface area contributed by atoms with Gasteiger partial charge in [0.05, 0.1) is 12.0 Å². The van der Waals surface area contributed by atoms with E-state index in [1.807, 2.05) is 18.2 Å². The molecular formula is C19H27N3O3. The zero-order chi connectivity index (χ0) is 17.5. The Kier molecular flexibility index (Phi) is 6.18. The summed E-state index contributed by atoms with van der Waals surface area (Å²) in [6.45, 7) is 5.56. The highest BCUT2D eigenvalue weighted by atomic mass is 16.5. The summed E-state index contributed by atoms with van der Waals surface area (Å²) in [6, 6.07) is 10.4. The minimum absolute atomic E-state index is 0.357. The lowest BCUT2D eigenvalue weighted by molar-refractivity contribution is -0.0373. The standard InChI is InChI=1S/C19H27N3O3/c1-2-11-24-14-17-20-18(25-21-17)12-19(23)9-6-10-22(15-19)13-16-7-4-3-5-8-16/h3-5,7-8,23H,2,6,9-15H2,1H3. The molecule has 0 bridgehead atoms. The summed E-state index contributed by atoms with van der Waals surface area (Å²) in [5.41, 5.74) is 0.445. The summed E-state index contributed by atoms with van der Waals surface area (Å²) in [6.07, 6.45) is 3.06. The number of nitrogens with zero attached hydrogens (tertiary/aromatic N) is 3. The number of hydrogen-bond donors (Lipinski definition) is 1. The monoisotopic (exact) mass is 345 g/mol. The Labute approximate surface area is 148 Å². The molecular weight excluding hydrogens is 318 g/mol. The summed E-state index contributed by atoms with van der Waals surface area (Å²) < 4.78 is 10.7. The minimum Gasteiger partial charge on any atom is -0.388 e. The van der Waals surface area contributed by atoms with Crippen LogP contribution >= 0.6 is 0 Å². The van der Waals surface area contributed by atoms with Crippen molar-refractivity contribution in [3.8, 4) is 0 Å². The lowest BCUT2D eigenvalue weighted by atomic mass is 9.89. The van der Waals surface area contributed by atoms with Gasteiger partial charge in [0, 0.05) is 19.7 Å². The first-order chi connectivity index (χ1) is 12.2. The maximum Gasteiger partial charge on any atom is 0.229 e. The van der Waals surface area contributed by atoms with Crippen molar-refractivity contribution in [3.05, 3.63) is 47.6 Å². The molecule has 0 radical (unpaired) electrons. The number of aliphatic hydroxyl groups is 1. The van der Waals surface area contributed by atoms with Gasteiger partial charge in [-0.25, -0.2) is 0 Å². The number of piperidine rings is 1. The molecule has 1 saturated heterocycles. The number of aromatic nitrogens is 2. The third-order valence-corrected chi connectivity index (χ3v) is 4.45. The van der Waals surface area contributed by atoms with Crippen LogP contribution < -0.4 is 0 Å². The van der Waals surface area contributed by atoms with Crippen molar-refractivity contribution >= 4 is 0 Å². The number of β-amino-alcohol motifs (C(OH)–C–C–N with tert-alkyl or cyclic N) is 1. The first-order valence-electron chi connectivity index (χ1n) is 9.05. The number of ether oxygens (including phenoxy) is 1. The van der Waals surface area contributed by atoms with Gasteiger partial charge in [0.25, 0.3) is 0 Å². The van der Waals surface area contributed by atoms with Gasteiger partial charge in [-0.2, -0.15) is 4.98 Å². The van der Waals surface area contributed by atoms with Crippen LogP contribution in [0.2, 0.25) is 0 Å². The Balaban J connectivity index is 1.55. The van der Waals surface area contributed by atoms with E-state index in [1.54, 1.807) is 0 Å². The summed E-state index contributed by atoms with van der Waals surface area (Å²) in [7, 11) is 0. The SMILES string of the molecule is CCCOCc1noc(CC2(O)CCCN(Cc3ccccc3)C2)n1. The molecule has 3 rings (SSSR count). The van der Waals surface area contributed by atoms with Crippen molar-refractivity contribution in [2.75, 3.05) is 19.7 Å². The van der Waals surface area contributed by atoms with Crippen molar-refractivity contribution in [2.24, 2.45) is 0 Å². The number of hydrogen-bond acceptors (Lipinski definition) is 6. The third-order valence-electron chi connectivity index (χ3n) is 4.45. The van der Waals surface area contributed by atoms with E-state index in [2.05, 4.69) is 34.1 Å². The quantitative estimate of drug-likeness (QED) is 0.742. The molecule has 1 unspecified atom stereocenters. The second kappa shape index (κ2) is 8.56. The van der Waals surface area contributed by atoms with Crippen LogP contribution in [0.1, 0.15) is 43.5 Å². The molecule has 25 heavy (non-hydrogen) atoms. The molecule has 1 N–H and O–H groups in total. The van der Waals surface area contributed by atoms with Gasteiger partial charge < -0.3 is 14.4 Å². The smallest absolute Gasteiger partial charge is 0.229 e. The lowest BCUT2D eigenvalue weighted by Crippen LogP contribution is -2.49. The maximum absolute atomic E-state index is 11.0. The van der Waals surface area contributed by atoms with Gasteiger partial charge in [-0.15, -0.1) is 0 Å². The van der Waals surface area contributed by atoms with Gasteiger partial charge in [0.1, 0.15) is 6.61 Å². The van der Waals surface area contributed by atoms with E-state index in [0.717, 1.165) is 32.4 Å². The Morgan fingerprint density at radius 3 is 2.96 bits per heavy atom. The van der Waals surface area contributed by atoms with Crippen molar-refractivity contribution in [1.82, 2.24) is 15.0 Å². The Morgan fingerprint density at radius 2 is 2.16 bits per heavy atom. The second-order valence-corrected chi connectivity index (χ2v) is 6.86. The topological polar surface area (TPSA) is 71.6 Å². The molecule has 6 nitrogen and oxygen atoms in total. The molecule has 1 aromatic heterocycles. The van der Waals surface area contributed by atoms with E-state index >= 15 is 0 Å². The molecule has 2 heterocycles. The first kappa shape index (κ1) is 18.0. The van der Waals surface area contributed by atoms with Crippen molar-refractivity contribution < 1.29 is 14.4 Å². The summed E-state index contributed by atoms with van der Waals surface area (Å²) >= 11 is 0. The van der Waals surface area contributed by atoms with Gasteiger partial charge in [-0.3, -0.25) is 4.90 Å². The highest BCUT2D eigenvalue weighted by molar-refractivity contribution is 5.14. The van der Waals surface area contributed by atoms with E-state index in [-0.39, 0.29) is 0 Å². The molecule has 0 aliphatic carbocycles. The summed E-state index contributed by atoms with van der Waals surface area (Å²) in [5.74, 6) is 1.03. The summed E-state index contributed by atoms with van der Waals surface area (Å²) in [4.78, 5) is 6.64. The molecule has 1 aliphatic rings. The molecule has 0 saturated carbocycles. The minimum atomic E-state index is -0.818. The fraction of sp³-hybridized carbons (Fsp3) is 0.579. The molecule has 1 aliphatic heterocycles. The van der Waals surface area contributed by atoms with Crippen LogP contribution in [0.5, 0.6) is 0 Å². The molecule has 0 spiro atoms. The van der Waals surface area contributed by atoms with Crippen LogP contribution in [-0.4, -0.2) is 45.4 Å². The van der Waals surface area contributed by atoms with Crippen LogP contribution in [0, 0.1) is 0 Å². The zero-order valence-electron chi connectivity index (χ0n) is 14.9. The second-order valence-electron chi connectivity index (χ2n) is 6.86. The van der Waals surface area contributed by atoms with Gasteiger partial charge in [-0.05, 0) is 31.4 Å². The van der Waals surface area contributed by atoms with Crippen LogP contribution in [0.3, 0.4) is 0 Å².